The van der Waals surface area contributed by atoms with Gasteiger partial charge in [0, 0.05) is 31.9 Å². The SMILES string of the molecule is CCCOC(=O)C(CC)(CCCN1CCN(c2ccc(-c3ccc(OC)cc3)cc2)CC1)c1ccccc1. The first kappa shape index (κ1) is 27.7. The highest BCUT2D eigenvalue weighted by Crippen LogP contribution is 2.35. The summed E-state index contributed by atoms with van der Waals surface area (Å²) in [6.45, 7) is 9.72. The third kappa shape index (κ3) is 6.57. The Morgan fingerprint density at radius 2 is 1.47 bits per heavy atom. The minimum Gasteiger partial charge on any atom is -0.497 e. The molecule has 5 nitrogen and oxygen atoms in total. The van der Waals surface area contributed by atoms with Crippen LogP contribution in [0.25, 0.3) is 11.1 Å². The Bertz CT molecular complexity index is 1120. The summed E-state index contributed by atoms with van der Waals surface area (Å²) in [6, 6.07) is 27.3. The minimum atomic E-state index is -0.566. The van der Waals surface area contributed by atoms with Crippen molar-refractivity contribution in [3.8, 4) is 16.9 Å². The van der Waals surface area contributed by atoms with Gasteiger partial charge in [0.25, 0.3) is 0 Å². The van der Waals surface area contributed by atoms with E-state index in [-0.39, 0.29) is 5.97 Å². The summed E-state index contributed by atoms with van der Waals surface area (Å²) < 4.78 is 11.0. The number of carbonyl (C=O) groups excluding carboxylic acids is 1. The highest BCUT2D eigenvalue weighted by atomic mass is 16.5. The minimum absolute atomic E-state index is 0.0732. The third-order valence-electron chi connectivity index (χ3n) is 7.86. The first-order valence-corrected chi connectivity index (χ1v) is 14.0. The quantitative estimate of drug-likeness (QED) is 0.256. The van der Waals surface area contributed by atoms with Crippen LogP contribution < -0.4 is 9.64 Å². The zero-order valence-corrected chi connectivity index (χ0v) is 23.2. The van der Waals surface area contributed by atoms with Crippen LogP contribution >= 0.6 is 0 Å². The maximum Gasteiger partial charge on any atom is 0.316 e. The van der Waals surface area contributed by atoms with Gasteiger partial charge in [-0.2, -0.15) is 0 Å². The van der Waals surface area contributed by atoms with Gasteiger partial charge in [0.2, 0.25) is 0 Å². The van der Waals surface area contributed by atoms with E-state index >= 15 is 0 Å². The number of methoxy groups -OCH3 is 1. The Kier molecular flexibility index (Phi) is 9.83. The van der Waals surface area contributed by atoms with Gasteiger partial charge in [-0.15, -0.1) is 0 Å². The summed E-state index contributed by atoms with van der Waals surface area (Å²) in [5, 5.41) is 0. The number of piperazine rings is 1. The van der Waals surface area contributed by atoms with Crippen molar-refractivity contribution in [3.05, 3.63) is 84.4 Å². The second kappa shape index (κ2) is 13.5. The molecule has 0 radical (unpaired) electrons. The van der Waals surface area contributed by atoms with E-state index in [2.05, 4.69) is 65.3 Å². The van der Waals surface area contributed by atoms with E-state index in [4.69, 9.17) is 9.47 Å². The van der Waals surface area contributed by atoms with Crippen molar-refractivity contribution in [1.82, 2.24) is 4.90 Å². The molecule has 0 saturated carbocycles. The second-order valence-electron chi connectivity index (χ2n) is 10.1. The van der Waals surface area contributed by atoms with E-state index in [0.717, 1.165) is 69.7 Å². The van der Waals surface area contributed by atoms with Crippen LogP contribution in [0.15, 0.2) is 78.9 Å². The van der Waals surface area contributed by atoms with Crippen LogP contribution in [0.5, 0.6) is 5.75 Å². The number of hydrogen-bond acceptors (Lipinski definition) is 5. The van der Waals surface area contributed by atoms with Crippen LogP contribution in [0.4, 0.5) is 5.69 Å². The lowest BCUT2D eigenvalue weighted by atomic mass is 9.74. The van der Waals surface area contributed by atoms with Crippen molar-refractivity contribution in [2.24, 2.45) is 0 Å². The number of nitrogens with zero attached hydrogens (tertiary/aromatic N) is 2. The van der Waals surface area contributed by atoms with Gasteiger partial charge < -0.3 is 14.4 Å². The summed E-state index contributed by atoms with van der Waals surface area (Å²) in [6.07, 6.45) is 3.37. The number of hydrogen-bond donors (Lipinski definition) is 0. The van der Waals surface area contributed by atoms with Gasteiger partial charge in [-0.1, -0.05) is 68.4 Å². The van der Waals surface area contributed by atoms with Gasteiger partial charge in [0.15, 0.2) is 0 Å². The molecule has 0 bridgehead atoms. The summed E-state index contributed by atoms with van der Waals surface area (Å²) in [5.74, 6) is 0.802. The first-order chi connectivity index (χ1) is 18.6. The van der Waals surface area contributed by atoms with Gasteiger partial charge in [0.05, 0.1) is 19.1 Å². The highest BCUT2D eigenvalue weighted by molar-refractivity contribution is 5.83. The van der Waals surface area contributed by atoms with E-state index in [1.165, 1.54) is 16.8 Å². The molecule has 4 rings (SSSR count). The molecule has 1 unspecified atom stereocenters. The Labute approximate surface area is 228 Å². The summed E-state index contributed by atoms with van der Waals surface area (Å²) >= 11 is 0. The largest absolute Gasteiger partial charge is 0.497 e. The smallest absolute Gasteiger partial charge is 0.316 e. The molecule has 38 heavy (non-hydrogen) atoms. The lowest BCUT2D eigenvalue weighted by Crippen LogP contribution is -2.47. The molecule has 5 heteroatoms. The Morgan fingerprint density at radius 3 is 2.05 bits per heavy atom. The fourth-order valence-electron chi connectivity index (χ4n) is 5.46. The molecule has 3 aromatic carbocycles. The number of esters is 1. The number of ether oxygens (including phenoxy) is 2. The average molecular weight is 515 g/mol. The molecule has 3 aromatic rings. The van der Waals surface area contributed by atoms with Crippen molar-refractivity contribution in [2.75, 3.05) is 51.3 Å². The van der Waals surface area contributed by atoms with E-state index < -0.39 is 5.41 Å². The number of carbonyl (C=O) groups is 1. The van der Waals surface area contributed by atoms with Crippen LogP contribution in [0.2, 0.25) is 0 Å². The molecule has 202 valence electrons. The predicted molar refractivity (Wildman–Crippen MR) is 156 cm³/mol. The molecule has 0 spiro atoms. The summed E-state index contributed by atoms with van der Waals surface area (Å²) in [4.78, 5) is 18.2. The van der Waals surface area contributed by atoms with E-state index in [0.29, 0.717) is 6.61 Å². The first-order valence-electron chi connectivity index (χ1n) is 14.0. The van der Waals surface area contributed by atoms with E-state index in [1.54, 1.807) is 7.11 Å². The van der Waals surface area contributed by atoms with E-state index in [9.17, 15) is 4.79 Å². The van der Waals surface area contributed by atoms with Crippen molar-refractivity contribution in [1.29, 1.82) is 0 Å². The standard InChI is InChI=1S/C33H42N2O3/c1-4-26-38-32(36)33(5-2,29-10-7-6-8-11-29)20-9-21-34-22-24-35(25-23-34)30-16-12-27(13-17-30)28-14-18-31(37-3)19-15-28/h6-8,10-19H,4-5,9,20-26H2,1-3H3. The zero-order chi connectivity index (χ0) is 26.8. The monoisotopic (exact) mass is 514 g/mol. The van der Waals surface area contributed by atoms with Crippen LogP contribution in [0, 0.1) is 0 Å². The molecule has 0 aromatic heterocycles. The Morgan fingerprint density at radius 1 is 0.842 bits per heavy atom. The molecular formula is C33H42N2O3. The fraction of sp³-hybridized carbons (Fsp3) is 0.424. The lowest BCUT2D eigenvalue weighted by Gasteiger charge is -2.37. The van der Waals surface area contributed by atoms with Gasteiger partial charge in [-0.05, 0) is 73.2 Å². The van der Waals surface area contributed by atoms with Gasteiger partial charge in [-0.25, -0.2) is 0 Å². The lowest BCUT2D eigenvalue weighted by molar-refractivity contribution is -0.151. The molecule has 0 amide bonds. The number of anilines is 1. The normalized spacial score (nSPS) is 15.6. The molecule has 1 aliphatic heterocycles. The van der Waals surface area contributed by atoms with Gasteiger partial charge in [0.1, 0.15) is 5.75 Å². The van der Waals surface area contributed by atoms with Crippen molar-refractivity contribution in [2.45, 2.75) is 44.9 Å². The Balaban J connectivity index is 1.30. The molecule has 1 aliphatic rings. The predicted octanol–water partition coefficient (Wildman–Crippen LogP) is 6.57. The zero-order valence-electron chi connectivity index (χ0n) is 23.2. The number of rotatable bonds is 12. The fourth-order valence-corrected chi connectivity index (χ4v) is 5.46. The van der Waals surface area contributed by atoms with Crippen LogP contribution in [0.3, 0.4) is 0 Å². The molecule has 1 heterocycles. The Hall–Kier alpha value is -3.31. The molecule has 1 saturated heterocycles. The number of benzene rings is 3. The molecule has 0 aliphatic carbocycles. The molecule has 0 N–H and O–H groups in total. The molecule has 1 fully saturated rings. The topological polar surface area (TPSA) is 42.0 Å². The van der Waals surface area contributed by atoms with Crippen molar-refractivity contribution >= 4 is 11.7 Å². The van der Waals surface area contributed by atoms with Crippen LogP contribution in [-0.2, 0) is 14.9 Å². The van der Waals surface area contributed by atoms with Crippen molar-refractivity contribution < 1.29 is 14.3 Å². The molecule has 1 atom stereocenters. The van der Waals surface area contributed by atoms with Crippen LogP contribution in [0.1, 0.15) is 45.1 Å². The van der Waals surface area contributed by atoms with Crippen LogP contribution in [-0.4, -0.2) is 57.3 Å². The summed E-state index contributed by atoms with van der Waals surface area (Å²) in [7, 11) is 1.69. The van der Waals surface area contributed by atoms with E-state index in [1.807, 2.05) is 37.3 Å². The van der Waals surface area contributed by atoms with Gasteiger partial charge >= 0.3 is 5.97 Å². The maximum atomic E-state index is 13.2. The second-order valence-corrected chi connectivity index (χ2v) is 10.1. The third-order valence-corrected chi connectivity index (χ3v) is 7.86. The molecular weight excluding hydrogens is 472 g/mol. The maximum absolute atomic E-state index is 13.2. The summed E-state index contributed by atoms with van der Waals surface area (Å²) in [5.41, 5.74) is 4.19. The van der Waals surface area contributed by atoms with Gasteiger partial charge in [-0.3, -0.25) is 9.69 Å². The highest BCUT2D eigenvalue weighted by Gasteiger charge is 2.39. The average Bonchev–Trinajstić information content (AvgIpc) is 2.99. The van der Waals surface area contributed by atoms with Crippen molar-refractivity contribution in [3.63, 3.8) is 0 Å².